The molecule has 0 aliphatic rings. The van der Waals surface area contributed by atoms with Crippen LogP contribution in [0.2, 0.25) is 0 Å². The van der Waals surface area contributed by atoms with Gasteiger partial charge in [-0.05, 0) is 42.3 Å². The van der Waals surface area contributed by atoms with Crippen molar-refractivity contribution in [3.05, 3.63) is 78.1 Å². The first-order chi connectivity index (χ1) is 16.1. The summed E-state index contributed by atoms with van der Waals surface area (Å²) in [5, 5.41) is 2.21. The minimum Gasteiger partial charge on any atom is -0.493 e. The van der Waals surface area contributed by atoms with Crippen LogP contribution in [-0.2, 0) is 13.5 Å². The molecule has 6 heteroatoms. The Morgan fingerprint density at radius 1 is 1.00 bits per heavy atom. The Hall–Kier alpha value is -3.77. The smallest absolute Gasteiger partial charge is 0.162 e. The van der Waals surface area contributed by atoms with Crippen molar-refractivity contribution in [1.82, 2.24) is 14.5 Å². The lowest BCUT2D eigenvalue weighted by molar-refractivity contribution is 0.355. The lowest BCUT2D eigenvalue weighted by atomic mass is 9.91. The first kappa shape index (κ1) is 21.1. The minimum absolute atomic E-state index is 0.254. The number of hydrogen-bond donors (Lipinski definition) is 2. The summed E-state index contributed by atoms with van der Waals surface area (Å²) in [7, 11) is 5.35. The molecule has 0 aliphatic carbocycles. The third kappa shape index (κ3) is 3.72. The van der Waals surface area contributed by atoms with Crippen molar-refractivity contribution in [2.24, 2.45) is 12.8 Å². The van der Waals surface area contributed by atoms with E-state index in [1.54, 1.807) is 14.2 Å². The van der Waals surface area contributed by atoms with Gasteiger partial charge in [0, 0.05) is 53.5 Å². The number of aryl methyl sites for hydroxylation is 1. The van der Waals surface area contributed by atoms with Gasteiger partial charge in [0.15, 0.2) is 11.5 Å². The van der Waals surface area contributed by atoms with Crippen LogP contribution in [0.25, 0.3) is 33.2 Å². The number of pyridine rings is 1. The number of aromatic nitrogens is 3. The van der Waals surface area contributed by atoms with Gasteiger partial charge in [-0.1, -0.05) is 30.3 Å². The third-order valence-corrected chi connectivity index (χ3v) is 6.43. The average Bonchev–Trinajstić information content (AvgIpc) is 3.43. The second-order valence-corrected chi connectivity index (χ2v) is 8.34. The Bertz CT molecular complexity index is 1420. The summed E-state index contributed by atoms with van der Waals surface area (Å²) in [4.78, 5) is 8.13. The molecule has 0 fully saturated rings. The van der Waals surface area contributed by atoms with Crippen LogP contribution >= 0.6 is 0 Å². The van der Waals surface area contributed by atoms with E-state index in [0.29, 0.717) is 18.0 Å². The van der Waals surface area contributed by atoms with Crippen LogP contribution in [-0.4, -0.2) is 35.3 Å². The Morgan fingerprint density at radius 2 is 1.76 bits per heavy atom. The minimum atomic E-state index is 0.254. The molecule has 0 amide bonds. The largest absolute Gasteiger partial charge is 0.493 e. The van der Waals surface area contributed by atoms with E-state index < -0.39 is 0 Å². The van der Waals surface area contributed by atoms with Gasteiger partial charge < -0.3 is 24.8 Å². The Balaban J connectivity index is 1.59. The fraction of sp³-hybridized carbons (Fsp3) is 0.222. The van der Waals surface area contributed by atoms with Crippen LogP contribution in [0, 0.1) is 0 Å². The van der Waals surface area contributed by atoms with Crippen molar-refractivity contribution < 1.29 is 9.47 Å². The molecule has 0 aliphatic heterocycles. The summed E-state index contributed by atoms with van der Waals surface area (Å²) >= 11 is 0. The number of nitrogens with zero attached hydrogens (tertiary/aromatic N) is 2. The van der Waals surface area contributed by atoms with Gasteiger partial charge >= 0.3 is 0 Å². The van der Waals surface area contributed by atoms with E-state index in [1.165, 1.54) is 11.1 Å². The molecular formula is C27H28N4O2. The van der Waals surface area contributed by atoms with Gasteiger partial charge in [0.2, 0.25) is 0 Å². The molecule has 168 valence electrons. The molecule has 0 radical (unpaired) electrons. The van der Waals surface area contributed by atoms with Crippen LogP contribution in [0.3, 0.4) is 0 Å². The van der Waals surface area contributed by atoms with E-state index in [1.807, 2.05) is 31.4 Å². The zero-order valence-corrected chi connectivity index (χ0v) is 19.1. The number of benzene rings is 2. The lowest BCUT2D eigenvalue weighted by Gasteiger charge is -2.15. The van der Waals surface area contributed by atoms with Crippen LogP contribution in [0.15, 0.2) is 67.0 Å². The summed E-state index contributed by atoms with van der Waals surface area (Å²) in [6, 6.07) is 18.8. The number of nitrogens with one attached hydrogen (secondary N) is 1. The lowest BCUT2D eigenvalue weighted by Crippen LogP contribution is -2.15. The van der Waals surface area contributed by atoms with Crippen LogP contribution < -0.4 is 15.2 Å². The predicted octanol–water partition coefficient (Wildman–Crippen LogP) is 5.02. The van der Waals surface area contributed by atoms with Crippen LogP contribution in [0.5, 0.6) is 11.5 Å². The summed E-state index contributed by atoms with van der Waals surface area (Å²) < 4.78 is 13.2. The number of methoxy groups -OCH3 is 2. The van der Waals surface area contributed by atoms with Gasteiger partial charge in [0.25, 0.3) is 0 Å². The Morgan fingerprint density at radius 3 is 2.48 bits per heavy atom. The van der Waals surface area contributed by atoms with Crippen LogP contribution in [0.1, 0.15) is 17.0 Å². The number of ether oxygens (including phenoxy) is 2. The monoisotopic (exact) mass is 440 g/mol. The van der Waals surface area contributed by atoms with Crippen molar-refractivity contribution in [1.29, 1.82) is 0 Å². The Labute approximate surface area is 193 Å². The van der Waals surface area contributed by atoms with E-state index in [0.717, 1.165) is 39.6 Å². The number of aromatic amines is 1. The van der Waals surface area contributed by atoms with E-state index in [2.05, 4.69) is 57.1 Å². The molecule has 0 saturated carbocycles. The molecule has 3 aromatic heterocycles. The topological polar surface area (TPSA) is 78.1 Å². The number of rotatable bonds is 7. The molecule has 0 bridgehead atoms. The summed E-state index contributed by atoms with van der Waals surface area (Å²) in [5.74, 6) is 1.68. The molecule has 5 rings (SSSR count). The quantitative estimate of drug-likeness (QED) is 0.372. The molecule has 33 heavy (non-hydrogen) atoms. The van der Waals surface area contributed by atoms with Crippen LogP contribution in [0.4, 0.5) is 0 Å². The second-order valence-electron chi connectivity index (χ2n) is 8.34. The van der Waals surface area contributed by atoms with Gasteiger partial charge in [-0.15, -0.1) is 0 Å². The number of fused-ring (bicyclic) bond motifs is 2. The molecule has 0 saturated heterocycles. The first-order valence-electron chi connectivity index (χ1n) is 11.1. The maximum Gasteiger partial charge on any atom is 0.162 e. The highest BCUT2D eigenvalue weighted by molar-refractivity contribution is 5.99. The standard InChI is InChI=1S/C27H28N4O2/c1-31-16-22(21-13-25(32-2)26(33-3)14-24(21)31)23-12-20-18(9-10-29-27(20)30-23)11-19(15-28)17-7-5-4-6-8-17/h4-10,12-14,16,19H,11,15,28H2,1-3H3,(H,29,30). The molecule has 0 spiro atoms. The van der Waals surface area contributed by atoms with Crippen molar-refractivity contribution in [3.8, 4) is 22.8 Å². The van der Waals surface area contributed by atoms with Crippen molar-refractivity contribution in [3.63, 3.8) is 0 Å². The average molecular weight is 441 g/mol. The number of H-pyrrole nitrogens is 1. The van der Waals surface area contributed by atoms with Gasteiger partial charge in [0.1, 0.15) is 5.65 Å². The zero-order chi connectivity index (χ0) is 22.9. The molecule has 6 nitrogen and oxygen atoms in total. The predicted molar refractivity (Wildman–Crippen MR) is 133 cm³/mol. The van der Waals surface area contributed by atoms with Crippen molar-refractivity contribution in [2.75, 3.05) is 20.8 Å². The highest BCUT2D eigenvalue weighted by Crippen LogP contribution is 2.39. The molecule has 1 atom stereocenters. The van der Waals surface area contributed by atoms with Crippen molar-refractivity contribution >= 4 is 21.9 Å². The number of nitrogens with two attached hydrogens (primary N) is 1. The van der Waals surface area contributed by atoms with E-state index in [9.17, 15) is 0 Å². The highest BCUT2D eigenvalue weighted by Gasteiger charge is 2.18. The molecule has 2 aromatic carbocycles. The molecule has 3 N–H and O–H groups in total. The van der Waals surface area contributed by atoms with E-state index >= 15 is 0 Å². The van der Waals surface area contributed by atoms with Gasteiger partial charge in [-0.25, -0.2) is 4.98 Å². The third-order valence-electron chi connectivity index (χ3n) is 6.43. The summed E-state index contributed by atoms with van der Waals surface area (Å²) in [5.41, 5.74) is 12.7. The van der Waals surface area contributed by atoms with Crippen molar-refractivity contribution in [2.45, 2.75) is 12.3 Å². The van der Waals surface area contributed by atoms with E-state index in [-0.39, 0.29) is 5.92 Å². The highest BCUT2D eigenvalue weighted by atomic mass is 16.5. The maximum absolute atomic E-state index is 6.16. The number of hydrogen-bond acceptors (Lipinski definition) is 4. The molecule has 3 heterocycles. The fourth-order valence-corrected chi connectivity index (χ4v) is 4.66. The SMILES string of the molecule is COc1cc2c(-c3cc4c(CC(CN)c5ccccc5)ccnc4[nH]3)cn(C)c2cc1OC. The normalized spacial score (nSPS) is 12.4. The second kappa shape index (κ2) is 8.64. The zero-order valence-electron chi connectivity index (χ0n) is 19.1. The van der Waals surface area contributed by atoms with Gasteiger partial charge in [0.05, 0.1) is 19.7 Å². The molecule has 1 unspecified atom stereocenters. The first-order valence-corrected chi connectivity index (χ1v) is 11.1. The maximum atomic E-state index is 6.16. The molecule has 5 aromatic rings. The van der Waals surface area contributed by atoms with Gasteiger partial charge in [-0.3, -0.25) is 0 Å². The molecular weight excluding hydrogens is 412 g/mol. The fourth-order valence-electron chi connectivity index (χ4n) is 4.66. The summed E-state index contributed by atoms with van der Waals surface area (Å²) in [6.45, 7) is 0.593. The van der Waals surface area contributed by atoms with Gasteiger partial charge in [-0.2, -0.15) is 0 Å². The van der Waals surface area contributed by atoms with E-state index in [4.69, 9.17) is 15.2 Å². The Kier molecular flexibility index (Phi) is 5.52. The summed E-state index contributed by atoms with van der Waals surface area (Å²) in [6.07, 6.45) is 4.85.